The van der Waals surface area contributed by atoms with E-state index in [1.807, 2.05) is 30.3 Å². The van der Waals surface area contributed by atoms with E-state index >= 15 is 0 Å². The van der Waals surface area contributed by atoms with Gasteiger partial charge in [0, 0.05) is 23.9 Å². The molecule has 0 unspecified atom stereocenters. The van der Waals surface area contributed by atoms with Gasteiger partial charge in [-0.1, -0.05) is 30.0 Å². The second kappa shape index (κ2) is 12.9. The summed E-state index contributed by atoms with van der Waals surface area (Å²) in [5.41, 5.74) is 3.14. The van der Waals surface area contributed by atoms with Crippen LogP contribution in [0, 0.1) is 0 Å². The third-order valence-corrected chi connectivity index (χ3v) is 7.81. The van der Waals surface area contributed by atoms with Gasteiger partial charge in [-0.25, -0.2) is 0 Å². The van der Waals surface area contributed by atoms with Crippen molar-refractivity contribution in [3.63, 3.8) is 0 Å². The fraction of sp³-hybridized carbons (Fsp3) is 0.267. The lowest BCUT2D eigenvalue weighted by atomic mass is 10.2. The van der Waals surface area contributed by atoms with E-state index in [9.17, 15) is 9.59 Å². The molecule has 0 atom stereocenters. The number of nitrogens with one attached hydrogen (secondary N) is 1. The summed E-state index contributed by atoms with van der Waals surface area (Å²) < 4.78 is 23.4. The van der Waals surface area contributed by atoms with Gasteiger partial charge in [0.05, 0.1) is 46.4 Å². The third-order valence-electron chi connectivity index (χ3n) is 6.89. The Hall–Kier alpha value is -4.71. The maximum Gasteiger partial charge on any atom is 0.251 e. The molecule has 1 aliphatic rings. The minimum atomic E-state index is -0.329. The molecule has 3 aromatic carbocycles. The molecular formula is C30H31N5O6S. The Morgan fingerprint density at radius 3 is 2.40 bits per heavy atom. The zero-order chi connectivity index (χ0) is 29.6. The van der Waals surface area contributed by atoms with E-state index in [0.29, 0.717) is 51.8 Å². The van der Waals surface area contributed by atoms with Crippen LogP contribution in [0.3, 0.4) is 0 Å². The van der Waals surface area contributed by atoms with Gasteiger partial charge in [-0.2, -0.15) is 0 Å². The number of rotatable bonds is 11. The van der Waals surface area contributed by atoms with Crippen LogP contribution in [-0.2, 0) is 17.8 Å². The van der Waals surface area contributed by atoms with Crippen LogP contribution in [0.2, 0.25) is 0 Å². The molecule has 42 heavy (non-hydrogen) atoms. The summed E-state index contributed by atoms with van der Waals surface area (Å²) >= 11 is 1.27. The van der Waals surface area contributed by atoms with Crippen molar-refractivity contribution in [2.24, 2.45) is 0 Å². The third kappa shape index (κ3) is 5.84. The van der Waals surface area contributed by atoms with Crippen LogP contribution in [0.4, 0.5) is 5.69 Å². The highest BCUT2D eigenvalue weighted by Crippen LogP contribution is 2.33. The van der Waals surface area contributed by atoms with Crippen molar-refractivity contribution in [1.82, 2.24) is 20.1 Å². The number of carbonyl (C=O) groups is 2. The molecule has 0 saturated carbocycles. The summed E-state index contributed by atoms with van der Waals surface area (Å²) in [6.07, 6.45) is 0.829. The minimum Gasteiger partial charge on any atom is -0.497 e. The topological polar surface area (TPSA) is 117 Å². The Labute approximate surface area is 247 Å². The van der Waals surface area contributed by atoms with E-state index in [4.69, 9.17) is 18.9 Å². The zero-order valence-corrected chi connectivity index (χ0v) is 24.6. The van der Waals surface area contributed by atoms with Crippen LogP contribution in [0.1, 0.15) is 21.7 Å². The number of para-hydroxylation sites is 1. The molecule has 0 bridgehead atoms. The van der Waals surface area contributed by atoms with Gasteiger partial charge in [0.2, 0.25) is 5.91 Å². The van der Waals surface area contributed by atoms with Crippen molar-refractivity contribution >= 4 is 29.3 Å². The lowest BCUT2D eigenvalue weighted by Gasteiger charge is -2.18. The molecule has 0 fully saturated rings. The Bertz CT molecular complexity index is 1610. The van der Waals surface area contributed by atoms with Crippen molar-refractivity contribution in [2.75, 3.05) is 45.6 Å². The number of fused-ring (bicyclic) bond motifs is 1. The van der Waals surface area contributed by atoms with Crippen molar-refractivity contribution in [3.8, 4) is 28.7 Å². The standard InChI is InChI=1S/C30H31N5O6S/c1-38-21-10-11-23(25(16-21)40-3)35-27(17-31-29(37)20-9-12-24(39-2)26(15-20)41-4)32-33-30(35)42-18-28(36)34-14-13-19-7-5-6-8-22(19)34/h5-12,15-16H,13-14,17-18H2,1-4H3,(H,31,37). The van der Waals surface area contributed by atoms with Crippen molar-refractivity contribution < 1.29 is 28.5 Å². The molecule has 0 aliphatic carbocycles. The number of ether oxygens (including phenoxy) is 4. The molecule has 1 N–H and O–H groups in total. The van der Waals surface area contributed by atoms with Crippen LogP contribution in [-0.4, -0.2) is 67.3 Å². The van der Waals surface area contributed by atoms with Crippen LogP contribution < -0.4 is 29.2 Å². The number of hydrogen-bond acceptors (Lipinski definition) is 9. The van der Waals surface area contributed by atoms with E-state index in [2.05, 4.69) is 15.5 Å². The second-order valence-electron chi connectivity index (χ2n) is 9.24. The van der Waals surface area contributed by atoms with Gasteiger partial charge in [-0.05, 0) is 48.4 Å². The first-order valence-corrected chi connectivity index (χ1v) is 14.1. The molecular weight excluding hydrogens is 558 g/mol. The summed E-state index contributed by atoms with van der Waals surface area (Å²) in [4.78, 5) is 28.1. The molecule has 2 amide bonds. The van der Waals surface area contributed by atoms with Gasteiger partial charge in [0.1, 0.15) is 11.5 Å². The molecule has 1 aliphatic heterocycles. The average Bonchev–Trinajstić information content (AvgIpc) is 3.65. The maximum atomic E-state index is 13.2. The number of amides is 2. The van der Waals surface area contributed by atoms with Gasteiger partial charge in [-0.15, -0.1) is 10.2 Å². The first kappa shape index (κ1) is 28.8. The Kier molecular flexibility index (Phi) is 8.82. The zero-order valence-electron chi connectivity index (χ0n) is 23.7. The molecule has 11 nitrogen and oxygen atoms in total. The SMILES string of the molecule is COc1ccc(-n2c(CNC(=O)c3ccc(OC)c(OC)c3)nnc2SCC(=O)N2CCc3ccccc32)c(OC)c1. The fourth-order valence-corrected chi connectivity index (χ4v) is 5.60. The summed E-state index contributed by atoms with van der Waals surface area (Å²) in [6, 6.07) is 18.2. The highest BCUT2D eigenvalue weighted by Gasteiger charge is 2.26. The summed E-state index contributed by atoms with van der Waals surface area (Å²) in [5.74, 6) is 2.35. The van der Waals surface area contributed by atoms with E-state index in [1.54, 1.807) is 54.0 Å². The molecule has 12 heteroatoms. The number of hydrogen-bond donors (Lipinski definition) is 1. The van der Waals surface area contributed by atoms with Crippen molar-refractivity contribution in [2.45, 2.75) is 18.1 Å². The number of anilines is 1. The quantitative estimate of drug-likeness (QED) is 0.260. The van der Waals surface area contributed by atoms with Crippen molar-refractivity contribution in [3.05, 3.63) is 77.6 Å². The molecule has 218 valence electrons. The lowest BCUT2D eigenvalue weighted by molar-refractivity contribution is -0.116. The molecule has 0 spiro atoms. The summed E-state index contributed by atoms with van der Waals surface area (Å²) in [7, 11) is 6.18. The van der Waals surface area contributed by atoms with Crippen LogP contribution in [0.15, 0.2) is 65.8 Å². The first-order chi connectivity index (χ1) is 20.5. The number of carbonyl (C=O) groups excluding carboxylic acids is 2. The Balaban J connectivity index is 1.40. The van der Waals surface area contributed by atoms with Gasteiger partial charge in [0.15, 0.2) is 22.5 Å². The predicted molar refractivity (Wildman–Crippen MR) is 158 cm³/mol. The average molecular weight is 590 g/mol. The van der Waals surface area contributed by atoms with Crippen LogP contribution in [0.5, 0.6) is 23.0 Å². The van der Waals surface area contributed by atoms with E-state index in [-0.39, 0.29) is 24.1 Å². The monoisotopic (exact) mass is 589 g/mol. The molecule has 1 aromatic heterocycles. The highest BCUT2D eigenvalue weighted by molar-refractivity contribution is 7.99. The summed E-state index contributed by atoms with van der Waals surface area (Å²) in [5, 5.41) is 12.1. The maximum absolute atomic E-state index is 13.2. The van der Waals surface area contributed by atoms with Crippen LogP contribution in [0.25, 0.3) is 5.69 Å². The fourth-order valence-electron chi connectivity index (χ4n) is 4.76. The summed E-state index contributed by atoms with van der Waals surface area (Å²) in [6.45, 7) is 0.703. The minimum absolute atomic E-state index is 0.0236. The molecule has 0 radical (unpaired) electrons. The van der Waals surface area contributed by atoms with Gasteiger partial charge in [-0.3, -0.25) is 14.2 Å². The number of methoxy groups -OCH3 is 4. The Morgan fingerprint density at radius 2 is 1.64 bits per heavy atom. The number of aromatic nitrogens is 3. The molecule has 4 aromatic rings. The number of benzene rings is 3. The van der Waals surface area contributed by atoms with Crippen LogP contribution >= 0.6 is 11.8 Å². The number of thioether (sulfide) groups is 1. The normalized spacial score (nSPS) is 12.0. The van der Waals surface area contributed by atoms with E-state index < -0.39 is 0 Å². The van der Waals surface area contributed by atoms with Gasteiger partial charge >= 0.3 is 0 Å². The molecule has 5 rings (SSSR count). The van der Waals surface area contributed by atoms with E-state index in [0.717, 1.165) is 17.7 Å². The Morgan fingerprint density at radius 1 is 0.857 bits per heavy atom. The van der Waals surface area contributed by atoms with Gasteiger partial charge < -0.3 is 29.2 Å². The first-order valence-electron chi connectivity index (χ1n) is 13.1. The van der Waals surface area contributed by atoms with E-state index in [1.165, 1.54) is 26.0 Å². The molecule has 2 heterocycles. The smallest absolute Gasteiger partial charge is 0.251 e. The second-order valence-corrected chi connectivity index (χ2v) is 10.2. The van der Waals surface area contributed by atoms with Crippen molar-refractivity contribution in [1.29, 1.82) is 0 Å². The highest BCUT2D eigenvalue weighted by atomic mass is 32.2. The predicted octanol–water partition coefficient (Wildman–Crippen LogP) is 3.91. The molecule has 0 saturated heterocycles. The lowest BCUT2D eigenvalue weighted by Crippen LogP contribution is -2.30. The van der Waals surface area contributed by atoms with Gasteiger partial charge in [0.25, 0.3) is 5.91 Å². The number of nitrogens with zero attached hydrogens (tertiary/aromatic N) is 4. The largest absolute Gasteiger partial charge is 0.497 e.